The monoisotopic (exact) mass is 530 g/mol. The molecule has 1 saturated carbocycles. The van der Waals surface area contributed by atoms with Gasteiger partial charge in [-0.3, -0.25) is 9.48 Å². The molecule has 2 N–H and O–H groups in total. The van der Waals surface area contributed by atoms with E-state index < -0.39 is 0 Å². The number of fused-ring (bicyclic) bond motifs is 1. The van der Waals surface area contributed by atoms with Gasteiger partial charge in [0.15, 0.2) is 0 Å². The third kappa shape index (κ3) is 5.82. The first-order chi connectivity index (χ1) is 19.0. The number of piperidine rings is 2. The van der Waals surface area contributed by atoms with E-state index in [4.69, 9.17) is 9.84 Å². The lowest BCUT2D eigenvalue weighted by Crippen LogP contribution is -2.45. The Kier molecular flexibility index (Phi) is 7.58. The third-order valence-corrected chi connectivity index (χ3v) is 9.49. The minimum absolute atomic E-state index is 0.247. The fraction of sp³-hybridized carbons (Fsp3) is 0.581. The molecule has 208 valence electrons. The fourth-order valence-corrected chi connectivity index (χ4v) is 7.00. The van der Waals surface area contributed by atoms with Crippen molar-refractivity contribution in [1.82, 2.24) is 25.0 Å². The lowest BCUT2D eigenvalue weighted by Gasteiger charge is -2.46. The van der Waals surface area contributed by atoms with Crippen LogP contribution in [-0.2, 0) is 0 Å². The Bertz CT molecular complexity index is 1300. The second-order valence-electron chi connectivity index (χ2n) is 12.1. The fourth-order valence-electron chi connectivity index (χ4n) is 7.00. The summed E-state index contributed by atoms with van der Waals surface area (Å²) >= 11 is 0. The number of rotatable bonds is 6. The average molecular weight is 531 g/mol. The molecule has 2 aliphatic heterocycles. The van der Waals surface area contributed by atoms with Crippen LogP contribution in [-0.4, -0.2) is 65.4 Å². The molecule has 1 spiro atoms. The number of methoxy groups -OCH3 is 1. The molecule has 8 heteroatoms. The lowest BCUT2D eigenvalue weighted by molar-refractivity contribution is 0.0435. The molecule has 39 heavy (non-hydrogen) atoms. The van der Waals surface area contributed by atoms with Crippen molar-refractivity contribution in [3.8, 4) is 5.75 Å². The molecule has 2 aromatic heterocycles. The molecule has 3 fully saturated rings. The lowest BCUT2D eigenvalue weighted by atomic mass is 9.67. The van der Waals surface area contributed by atoms with Crippen molar-refractivity contribution in [3.05, 3.63) is 47.9 Å². The Hall–Kier alpha value is -2.97. The Morgan fingerprint density at radius 3 is 2.59 bits per heavy atom. The number of benzene rings is 1. The summed E-state index contributed by atoms with van der Waals surface area (Å²) in [6, 6.07) is 9.76. The predicted molar refractivity (Wildman–Crippen MR) is 154 cm³/mol. The Morgan fingerprint density at radius 2 is 1.87 bits per heavy atom. The minimum atomic E-state index is -0.247. The molecular formula is C31H42N6O2. The highest BCUT2D eigenvalue weighted by molar-refractivity contribution is 6.05. The summed E-state index contributed by atoms with van der Waals surface area (Å²) in [5, 5.41) is 12.4. The zero-order valence-corrected chi connectivity index (χ0v) is 23.4. The van der Waals surface area contributed by atoms with Gasteiger partial charge in [0.25, 0.3) is 5.91 Å². The zero-order valence-electron chi connectivity index (χ0n) is 23.4. The number of hydrogen-bond donors (Lipinski definition) is 2. The maximum absolute atomic E-state index is 12.8. The molecule has 0 bridgehead atoms. The molecule has 1 aliphatic carbocycles. The van der Waals surface area contributed by atoms with E-state index in [1.54, 1.807) is 13.2 Å². The number of pyridine rings is 1. The van der Waals surface area contributed by atoms with Gasteiger partial charge in [-0.15, -0.1) is 0 Å². The molecule has 2 saturated heterocycles. The average Bonchev–Trinajstić information content (AvgIpc) is 3.38. The standard InChI is InChI=1S/C31H42N6O2/c1-22-4-3-5-26(33-22)30(38)34-28-18-24-21-37(35-27(24)19-29(28)39-2)25-6-10-31(11-7-25)12-16-36(17-13-31)20-23-8-14-32-15-9-23/h3-5,18-19,21,23,25,32H,6-17,20H2,1-2H3,(H,34,38). The van der Waals surface area contributed by atoms with E-state index in [1.165, 1.54) is 84.1 Å². The summed E-state index contributed by atoms with van der Waals surface area (Å²) in [4.78, 5) is 19.9. The highest BCUT2D eigenvalue weighted by atomic mass is 16.5. The summed E-state index contributed by atoms with van der Waals surface area (Å²) in [6.45, 7) is 8.11. The van der Waals surface area contributed by atoms with Crippen LogP contribution in [0.1, 0.15) is 73.6 Å². The van der Waals surface area contributed by atoms with E-state index in [-0.39, 0.29) is 5.91 Å². The van der Waals surface area contributed by atoms with Crippen LogP contribution in [0, 0.1) is 18.3 Å². The Labute approximate surface area is 231 Å². The molecule has 3 aliphatic rings. The summed E-state index contributed by atoms with van der Waals surface area (Å²) < 4.78 is 7.77. The predicted octanol–water partition coefficient (Wildman–Crippen LogP) is 5.20. The van der Waals surface area contributed by atoms with E-state index in [0.717, 1.165) is 22.5 Å². The number of aromatic nitrogens is 3. The number of likely N-dealkylation sites (tertiary alicyclic amines) is 1. The summed E-state index contributed by atoms with van der Waals surface area (Å²) in [6.07, 6.45) is 12.5. The van der Waals surface area contributed by atoms with E-state index in [2.05, 4.69) is 31.4 Å². The molecule has 0 unspecified atom stereocenters. The molecule has 0 atom stereocenters. The van der Waals surface area contributed by atoms with Crippen LogP contribution in [0.3, 0.4) is 0 Å². The number of nitrogens with one attached hydrogen (secondary N) is 2. The highest BCUT2D eigenvalue weighted by Gasteiger charge is 2.39. The van der Waals surface area contributed by atoms with Crippen molar-refractivity contribution >= 4 is 22.5 Å². The van der Waals surface area contributed by atoms with Crippen LogP contribution in [0.15, 0.2) is 36.5 Å². The van der Waals surface area contributed by atoms with Crippen LogP contribution < -0.4 is 15.4 Å². The normalized spacial score (nSPS) is 20.9. The van der Waals surface area contributed by atoms with Gasteiger partial charge in [-0.2, -0.15) is 5.10 Å². The van der Waals surface area contributed by atoms with E-state index in [9.17, 15) is 4.79 Å². The number of anilines is 1. The number of amides is 1. The molecule has 1 aromatic carbocycles. The van der Waals surface area contributed by atoms with E-state index in [0.29, 0.717) is 28.6 Å². The smallest absolute Gasteiger partial charge is 0.274 e. The first kappa shape index (κ1) is 26.3. The number of aryl methyl sites for hydroxylation is 1. The van der Waals surface area contributed by atoms with Gasteiger partial charge in [-0.1, -0.05) is 6.07 Å². The Balaban J connectivity index is 1.09. The SMILES string of the molecule is COc1cc2nn(C3CCC4(CC3)CCN(CC3CCNCC3)CC4)cc2cc1NC(=O)c1cccc(C)n1. The topological polar surface area (TPSA) is 84.3 Å². The quantitative estimate of drug-likeness (QED) is 0.456. The molecular weight excluding hydrogens is 488 g/mol. The molecule has 1 amide bonds. The Morgan fingerprint density at radius 1 is 1.10 bits per heavy atom. The first-order valence-electron chi connectivity index (χ1n) is 14.8. The van der Waals surface area contributed by atoms with Gasteiger partial charge in [0.1, 0.15) is 11.4 Å². The highest BCUT2D eigenvalue weighted by Crippen LogP contribution is 2.48. The van der Waals surface area contributed by atoms with Crippen molar-refractivity contribution in [1.29, 1.82) is 0 Å². The molecule has 3 aromatic rings. The molecule has 6 rings (SSSR count). The third-order valence-electron chi connectivity index (χ3n) is 9.49. The van der Waals surface area contributed by atoms with Crippen LogP contribution in [0.5, 0.6) is 5.75 Å². The van der Waals surface area contributed by atoms with Gasteiger partial charge in [0, 0.05) is 29.9 Å². The maximum Gasteiger partial charge on any atom is 0.274 e. The van der Waals surface area contributed by atoms with Crippen molar-refractivity contribution < 1.29 is 9.53 Å². The van der Waals surface area contributed by atoms with Crippen molar-refractivity contribution in [2.75, 3.05) is 45.2 Å². The van der Waals surface area contributed by atoms with Crippen LogP contribution in [0.4, 0.5) is 5.69 Å². The van der Waals surface area contributed by atoms with Crippen LogP contribution in [0.25, 0.3) is 10.9 Å². The van der Waals surface area contributed by atoms with E-state index >= 15 is 0 Å². The minimum Gasteiger partial charge on any atom is -0.494 e. The molecule has 8 nitrogen and oxygen atoms in total. The summed E-state index contributed by atoms with van der Waals surface area (Å²) in [5.74, 6) is 1.24. The van der Waals surface area contributed by atoms with Gasteiger partial charge < -0.3 is 20.3 Å². The van der Waals surface area contributed by atoms with Crippen molar-refractivity contribution in [2.45, 2.75) is 64.3 Å². The molecule has 0 radical (unpaired) electrons. The zero-order chi connectivity index (χ0) is 26.8. The number of ether oxygens (including phenoxy) is 1. The van der Waals surface area contributed by atoms with Gasteiger partial charge in [-0.25, -0.2) is 4.98 Å². The number of carbonyl (C=O) groups excluding carboxylic acids is 1. The van der Waals surface area contributed by atoms with Crippen LogP contribution in [0.2, 0.25) is 0 Å². The first-order valence-corrected chi connectivity index (χ1v) is 14.8. The van der Waals surface area contributed by atoms with Crippen LogP contribution >= 0.6 is 0 Å². The van der Waals surface area contributed by atoms with Gasteiger partial charge in [0.2, 0.25) is 0 Å². The largest absolute Gasteiger partial charge is 0.494 e. The van der Waals surface area contributed by atoms with Crippen molar-refractivity contribution in [3.63, 3.8) is 0 Å². The maximum atomic E-state index is 12.8. The number of hydrogen-bond acceptors (Lipinski definition) is 6. The van der Waals surface area contributed by atoms with Crippen molar-refractivity contribution in [2.24, 2.45) is 11.3 Å². The summed E-state index contributed by atoms with van der Waals surface area (Å²) in [7, 11) is 1.62. The van der Waals surface area contributed by atoms with Gasteiger partial charge in [-0.05, 0) is 114 Å². The van der Waals surface area contributed by atoms with Gasteiger partial charge in [0.05, 0.1) is 24.4 Å². The number of carbonyl (C=O) groups is 1. The van der Waals surface area contributed by atoms with Gasteiger partial charge >= 0.3 is 0 Å². The summed E-state index contributed by atoms with van der Waals surface area (Å²) in [5.41, 5.74) is 3.25. The second-order valence-corrected chi connectivity index (χ2v) is 12.1. The molecule has 4 heterocycles. The van der Waals surface area contributed by atoms with E-state index in [1.807, 2.05) is 31.2 Å². The second kappa shape index (κ2) is 11.3. The number of nitrogens with zero attached hydrogens (tertiary/aromatic N) is 4.